The van der Waals surface area contributed by atoms with Gasteiger partial charge in [0.25, 0.3) is 0 Å². The van der Waals surface area contributed by atoms with Crippen LogP contribution in [0.15, 0.2) is 158 Å². The van der Waals surface area contributed by atoms with E-state index in [1.807, 2.05) is 42.7 Å². The smallest absolute Gasteiger partial charge is 0.160 e. The minimum Gasteiger partial charge on any atom is -0.454 e. The van der Waals surface area contributed by atoms with Gasteiger partial charge >= 0.3 is 0 Å². The Kier molecular flexibility index (Phi) is 6.74. The van der Waals surface area contributed by atoms with Crippen molar-refractivity contribution in [2.45, 2.75) is 24.7 Å². The first-order valence-corrected chi connectivity index (χ1v) is 18.7. The quantitative estimate of drug-likeness (QED) is 0.179. The Morgan fingerprint density at radius 2 is 1.07 bits per heavy atom. The summed E-state index contributed by atoms with van der Waals surface area (Å²) < 4.78 is 7.44. The molecule has 0 amide bonds. The molecule has 0 unspecified atom stereocenters. The van der Waals surface area contributed by atoms with E-state index in [9.17, 15) is 5.26 Å². The van der Waals surface area contributed by atoms with E-state index in [1.165, 1.54) is 11.1 Å². The fourth-order valence-electron chi connectivity index (χ4n) is 9.40. The van der Waals surface area contributed by atoms with Crippen molar-refractivity contribution in [3.05, 3.63) is 197 Å². The average molecular weight is 721 g/mol. The number of aromatic nitrogens is 4. The lowest BCUT2D eigenvalue weighted by molar-refractivity contribution is 0.439. The highest BCUT2D eigenvalue weighted by molar-refractivity contribution is 5.93. The molecule has 0 bridgehead atoms. The second-order valence-corrected chi connectivity index (χ2v) is 14.9. The van der Waals surface area contributed by atoms with Crippen molar-refractivity contribution < 1.29 is 4.74 Å². The zero-order chi connectivity index (χ0) is 37.6. The molecular weight excluding hydrogens is 689 g/mol. The lowest BCUT2D eigenvalue weighted by Gasteiger charge is -2.44. The van der Waals surface area contributed by atoms with Crippen LogP contribution in [0.2, 0.25) is 0 Å². The van der Waals surface area contributed by atoms with Gasteiger partial charge in [0.15, 0.2) is 11.6 Å². The van der Waals surface area contributed by atoms with Gasteiger partial charge in [0.1, 0.15) is 5.75 Å². The summed E-state index contributed by atoms with van der Waals surface area (Å²) in [6.07, 6.45) is 7.06. The summed E-state index contributed by atoms with van der Waals surface area (Å²) in [5, 5.41) is 10.4. The van der Waals surface area contributed by atoms with Gasteiger partial charge in [-0.1, -0.05) is 98.8 Å². The highest BCUT2D eigenvalue weighted by Gasteiger charge is 2.54. The maximum Gasteiger partial charge on any atom is 0.160 e. The molecule has 8 aromatic rings. The minimum absolute atomic E-state index is 0.226. The molecule has 0 fully saturated rings. The predicted octanol–water partition coefficient (Wildman–Crippen LogP) is 11.1. The first-order valence-electron chi connectivity index (χ1n) is 18.7. The average Bonchev–Trinajstić information content (AvgIpc) is 3.54. The molecule has 5 heterocycles. The second kappa shape index (κ2) is 11.8. The van der Waals surface area contributed by atoms with Crippen molar-refractivity contribution in [1.29, 1.82) is 5.26 Å². The Labute approximate surface area is 324 Å². The van der Waals surface area contributed by atoms with Crippen LogP contribution in [0, 0.1) is 11.3 Å². The van der Waals surface area contributed by atoms with Gasteiger partial charge in [0.2, 0.25) is 0 Å². The number of hydrogen-bond donors (Lipinski definition) is 0. The van der Waals surface area contributed by atoms with E-state index in [1.54, 1.807) is 18.5 Å². The number of para-hydroxylation sites is 4. The number of nitriles is 1. The Hall–Kier alpha value is -7.43. The molecule has 7 nitrogen and oxygen atoms in total. The Morgan fingerprint density at radius 3 is 1.73 bits per heavy atom. The molecule has 0 radical (unpaired) electrons. The predicted molar refractivity (Wildman–Crippen MR) is 217 cm³/mol. The largest absolute Gasteiger partial charge is 0.454 e. The summed E-state index contributed by atoms with van der Waals surface area (Å²) in [7, 11) is 0. The van der Waals surface area contributed by atoms with E-state index in [0.29, 0.717) is 22.7 Å². The van der Waals surface area contributed by atoms with E-state index in [-0.39, 0.29) is 5.41 Å². The summed E-state index contributed by atoms with van der Waals surface area (Å²) in [4.78, 5) is 21.2. The van der Waals surface area contributed by atoms with Crippen LogP contribution in [0.3, 0.4) is 0 Å². The SMILES string of the molecule is CC1(C)c2ccccc2N(c2cccc3c2Oc2c(-c4ccc(-c5ncccn5)c(C#N)c4)cccc2C32c3cccnc3-c3ncccc32)c2ccccc21. The number of benzene rings is 5. The van der Waals surface area contributed by atoms with Crippen molar-refractivity contribution in [3.63, 3.8) is 0 Å². The zero-order valence-electron chi connectivity index (χ0n) is 30.6. The fraction of sp³-hybridized carbons (Fsp3) is 0.0816. The first kappa shape index (κ1) is 32.0. The number of pyridine rings is 2. The van der Waals surface area contributed by atoms with Crippen molar-refractivity contribution in [2.75, 3.05) is 4.90 Å². The van der Waals surface area contributed by atoms with Gasteiger partial charge < -0.3 is 9.64 Å². The van der Waals surface area contributed by atoms with Crippen LogP contribution < -0.4 is 9.64 Å². The van der Waals surface area contributed by atoms with Crippen molar-refractivity contribution in [1.82, 2.24) is 19.9 Å². The van der Waals surface area contributed by atoms with Crippen LogP contribution in [0.1, 0.15) is 52.8 Å². The van der Waals surface area contributed by atoms with Crippen LogP contribution >= 0.6 is 0 Å². The molecule has 7 heteroatoms. The third-order valence-corrected chi connectivity index (χ3v) is 11.8. The van der Waals surface area contributed by atoms with Crippen molar-refractivity contribution in [3.8, 4) is 51.5 Å². The van der Waals surface area contributed by atoms with Gasteiger partial charge in [-0.05, 0) is 76.3 Å². The topological polar surface area (TPSA) is 87.8 Å². The molecule has 3 aliphatic rings. The van der Waals surface area contributed by atoms with Crippen LogP contribution in [0.4, 0.5) is 17.1 Å². The number of fused-ring (bicyclic) bond motifs is 11. The molecule has 1 aliphatic carbocycles. The summed E-state index contributed by atoms with van der Waals surface area (Å²) >= 11 is 0. The van der Waals surface area contributed by atoms with Crippen LogP contribution in [0.5, 0.6) is 11.5 Å². The summed E-state index contributed by atoms with van der Waals surface area (Å²) in [5.41, 5.74) is 13.2. The van der Waals surface area contributed by atoms with Gasteiger partial charge in [-0.3, -0.25) is 9.97 Å². The lowest BCUT2D eigenvalue weighted by atomic mass is 9.65. The van der Waals surface area contributed by atoms with Crippen LogP contribution in [-0.4, -0.2) is 19.9 Å². The number of hydrogen-bond acceptors (Lipinski definition) is 7. The highest BCUT2D eigenvalue weighted by atomic mass is 16.5. The molecule has 56 heavy (non-hydrogen) atoms. The van der Waals surface area contributed by atoms with Gasteiger partial charge in [-0.2, -0.15) is 5.26 Å². The van der Waals surface area contributed by atoms with E-state index in [4.69, 9.17) is 14.7 Å². The molecule has 11 rings (SSSR count). The molecule has 0 saturated carbocycles. The van der Waals surface area contributed by atoms with Crippen LogP contribution in [-0.2, 0) is 10.8 Å². The molecule has 1 spiro atoms. The highest BCUT2D eigenvalue weighted by Crippen LogP contribution is 2.65. The number of ether oxygens (including phenoxy) is 1. The molecule has 0 atom stereocenters. The van der Waals surface area contributed by atoms with Gasteiger partial charge in [-0.25, -0.2) is 9.97 Å². The maximum atomic E-state index is 10.4. The Morgan fingerprint density at radius 1 is 0.518 bits per heavy atom. The Bertz CT molecular complexity index is 2870. The van der Waals surface area contributed by atoms with E-state index >= 15 is 0 Å². The monoisotopic (exact) mass is 720 g/mol. The lowest BCUT2D eigenvalue weighted by Crippen LogP contribution is -2.34. The third-order valence-electron chi connectivity index (χ3n) is 11.8. The van der Waals surface area contributed by atoms with Gasteiger partial charge in [0.05, 0.1) is 45.5 Å². The molecule has 264 valence electrons. The first-order chi connectivity index (χ1) is 27.5. The van der Waals surface area contributed by atoms with Crippen molar-refractivity contribution >= 4 is 17.1 Å². The minimum atomic E-state index is -0.813. The van der Waals surface area contributed by atoms with Crippen LogP contribution in [0.25, 0.3) is 33.9 Å². The molecule has 0 N–H and O–H groups in total. The van der Waals surface area contributed by atoms with E-state index < -0.39 is 5.41 Å². The summed E-state index contributed by atoms with van der Waals surface area (Å²) in [5.74, 6) is 1.97. The molecule has 2 aliphatic heterocycles. The van der Waals surface area contributed by atoms with Gasteiger partial charge in [0, 0.05) is 52.5 Å². The maximum absolute atomic E-state index is 10.4. The summed E-state index contributed by atoms with van der Waals surface area (Å²) in [6.45, 7) is 4.60. The molecule has 3 aromatic heterocycles. The number of rotatable bonds is 3. The van der Waals surface area contributed by atoms with Crippen molar-refractivity contribution in [2.24, 2.45) is 0 Å². The standard InChI is InChI=1S/C49H32N6O/c1-48(2)34-13-3-5-19-40(34)55(41-20-6-4-14-35(41)48)42-21-8-16-39-46(42)56-45-32(30-22-23-33(31(28-30)29-50)47-53-26-11-27-54-47)12-7-15-38(45)49(39)36-17-9-24-51-43(36)44-37(49)18-10-25-52-44/h3-28H,1-2H3. The fourth-order valence-corrected chi connectivity index (χ4v) is 9.40. The number of anilines is 3. The normalized spacial score (nSPS) is 14.6. The third kappa shape index (κ3) is 4.21. The Balaban J connectivity index is 1.22. The second-order valence-electron chi connectivity index (χ2n) is 14.9. The molecule has 5 aromatic carbocycles. The van der Waals surface area contributed by atoms with E-state index in [2.05, 4.69) is 132 Å². The molecule has 0 saturated heterocycles. The molecular formula is C49H32N6O. The van der Waals surface area contributed by atoms with E-state index in [0.717, 1.165) is 67.6 Å². The zero-order valence-corrected chi connectivity index (χ0v) is 30.6. The number of nitrogens with zero attached hydrogens (tertiary/aromatic N) is 6. The summed E-state index contributed by atoms with van der Waals surface area (Å²) in [6, 6.07) is 48.6. The van der Waals surface area contributed by atoms with Gasteiger partial charge in [-0.15, -0.1) is 0 Å².